The third-order valence-electron chi connectivity index (χ3n) is 2.03. The van der Waals surface area contributed by atoms with Crippen molar-refractivity contribution in [2.75, 3.05) is 5.32 Å². The van der Waals surface area contributed by atoms with Crippen molar-refractivity contribution in [2.24, 2.45) is 5.73 Å². The fourth-order valence-electron chi connectivity index (χ4n) is 1.32. The molecule has 0 amide bonds. The van der Waals surface area contributed by atoms with Crippen LogP contribution in [0.1, 0.15) is 0 Å². The normalized spacial score (nSPS) is 9.83. The zero-order chi connectivity index (χ0) is 13.0. The molecular weight excluding hydrogens is 270 g/mol. The van der Waals surface area contributed by atoms with Crippen LogP contribution in [0.3, 0.4) is 0 Å². The molecule has 1 aromatic heterocycles. The number of hydrogen-bond acceptors (Lipinski definition) is 3. The number of pyridine rings is 1. The van der Waals surface area contributed by atoms with Crippen molar-refractivity contribution >= 4 is 34.7 Å². The summed E-state index contributed by atoms with van der Waals surface area (Å²) in [4.78, 5) is 4.08. The van der Waals surface area contributed by atoms with Gasteiger partial charge in [0.15, 0.2) is 16.7 Å². The second kappa shape index (κ2) is 5.66. The molecule has 0 spiro atoms. The molecule has 0 aliphatic heterocycles. The van der Waals surface area contributed by atoms with Gasteiger partial charge in [0.05, 0.1) is 5.02 Å². The Balaban J connectivity index is 2.30. The van der Waals surface area contributed by atoms with Crippen molar-refractivity contribution in [1.29, 1.82) is 0 Å². The monoisotopic (exact) mass is 279 g/mol. The van der Waals surface area contributed by atoms with Gasteiger partial charge < -0.3 is 15.8 Å². The average Bonchev–Trinajstić information content (AvgIpc) is 2.33. The van der Waals surface area contributed by atoms with Crippen LogP contribution in [0.2, 0.25) is 5.02 Å². The van der Waals surface area contributed by atoms with E-state index in [9.17, 15) is 0 Å². The molecule has 0 aliphatic carbocycles. The SMILES string of the molecule is NC(=S)Nc1ncc(Cl)cc1Oc1ccccc1. The van der Waals surface area contributed by atoms with Gasteiger partial charge in [0.2, 0.25) is 0 Å². The quantitative estimate of drug-likeness (QED) is 0.845. The number of thiocarbonyl (C=S) groups is 1. The van der Waals surface area contributed by atoms with Gasteiger partial charge in [-0.1, -0.05) is 29.8 Å². The van der Waals surface area contributed by atoms with Gasteiger partial charge in [-0.25, -0.2) is 4.98 Å². The van der Waals surface area contributed by atoms with Gasteiger partial charge in [0, 0.05) is 12.3 Å². The minimum atomic E-state index is 0.114. The summed E-state index contributed by atoms with van der Waals surface area (Å²) in [6, 6.07) is 10.9. The first-order valence-electron chi connectivity index (χ1n) is 5.10. The maximum atomic E-state index is 5.89. The molecule has 92 valence electrons. The molecule has 4 nitrogen and oxygen atoms in total. The lowest BCUT2D eigenvalue weighted by Crippen LogP contribution is -2.20. The standard InChI is InChI=1S/C12H10ClN3OS/c13-8-6-10(11(15-7-8)16-12(14)18)17-9-4-2-1-3-5-9/h1-7H,(H3,14,15,16,18). The van der Waals surface area contributed by atoms with E-state index in [1.165, 1.54) is 6.20 Å². The van der Waals surface area contributed by atoms with Crippen LogP contribution in [-0.4, -0.2) is 10.1 Å². The van der Waals surface area contributed by atoms with E-state index in [0.717, 1.165) is 0 Å². The Morgan fingerprint density at radius 3 is 2.72 bits per heavy atom. The second-order valence-electron chi connectivity index (χ2n) is 3.40. The Labute approximate surface area is 115 Å². The third kappa shape index (κ3) is 3.32. The molecule has 0 atom stereocenters. The third-order valence-corrected chi connectivity index (χ3v) is 2.34. The van der Waals surface area contributed by atoms with Crippen LogP contribution in [0.4, 0.5) is 5.82 Å². The summed E-state index contributed by atoms with van der Waals surface area (Å²) >= 11 is 10.7. The molecule has 0 radical (unpaired) electrons. The Bertz CT molecular complexity index is 563. The highest BCUT2D eigenvalue weighted by atomic mass is 35.5. The van der Waals surface area contributed by atoms with Crippen LogP contribution in [0.15, 0.2) is 42.6 Å². The molecule has 0 saturated heterocycles. The Hall–Kier alpha value is -1.85. The van der Waals surface area contributed by atoms with Crippen molar-refractivity contribution in [3.8, 4) is 11.5 Å². The predicted octanol–water partition coefficient (Wildman–Crippen LogP) is 3.18. The number of para-hydroxylation sites is 1. The van der Waals surface area contributed by atoms with E-state index in [2.05, 4.69) is 10.3 Å². The molecule has 0 aliphatic rings. The highest BCUT2D eigenvalue weighted by Crippen LogP contribution is 2.29. The first-order valence-corrected chi connectivity index (χ1v) is 5.88. The van der Waals surface area contributed by atoms with Crippen molar-refractivity contribution < 1.29 is 4.74 Å². The Morgan fingerprint density at radius 2 is 2.06 bits per heavy atom. The summed E-state index contributed by atoms with van der Waals surface area (Å²) in [5.74, 6) is 1.56. The maximum Gasteiger partial charge on any atom is 0.175 e. The number of nitrogens with one attached hydrogen (secondary N) is 1. The van der Waals surface area contributed by atoms with Gasteiger partial charge >= 0.3 is 0 Å². The van der Waals surface area contributed by atoms with Gasteiger partial charge in [0.1, 0.15) is 5.75 Å². The lowest BCUT2D eigenvalue weighted by Gasteiger charge is -2.11. The maximum absolute atomic E-state index is 5.89. The van der Waals surface area contributed by atoms with Crippen LogP contribution < -0.4 is 15.8 Å². The van der Waals surface area contributed by atoms with E-state index in [0.29, 0.717) is 22.3 Å². The van der Waals surface area contributed by atoms with Gasteiger partial charge in [0.25, 0.3) is 0 Å². The fraction of sp³-hybridized carbons (Fsp3) is 0. The molecule has 0 bridgehead atoms. The van der Waals surface area contributed by atoms with Crippen molar-refractivity contribution in [1.82, 2.24) is 4.98 Å². The van der Waals surface area contributed by atoms with Gasteiger partial charge in [-0.05, 0) is 24.4 Å². The van der Waals surface area contributed by atoms with Gasteiger partial charge in [-0.15, -0.1) is 0 Å². The topological polar surface area (TPSA) is 60.2 Å². The summed E-state index contributed by atoms with van der Waals surface area (Å²) in [6.07, 6.45) is 1.49. The molecule has 18 heavy (non-hydrogen) atoms. The van der Waals surface area contributed by atoms with E-state index in [1.807, 2.05) is 30.3 Å². The number of anilines is 1. The van der Waals surface area contributed by atoms with Crippen LogP contribution in [-0.2, 0) is 0 Å². The fourth-order valence-corrected chi connectivity index (χ4v) is 1.57. The zero-order valence-corrected chi connectivity index (χ0v) is 10.8. The smallest absolute Gasteiger partial charge is 0.175 e. The first-order chi connectivity index (χ1) is 8.65. The van der Waals surface area contributed by atoms with Crippen molar-refractivity contribution in [3.63, 3.8) is 0 Å². The predicted molar refractivity (Wildman–Crippen MR) is 76.2 cm³/mol. The highest BCUT2D eigenvalue weighted by molar-refractivity contribution is 7.80. The van der Waals surface area contributed by atoms with E-state index >= 15 is 0 Å². The number of aromatic nitrogens is 1. The van der Waals surface area contributed by atoms with Gasteiger partial charge in [-0.2, -0.15) is 0 Å². The minimum Gasteiger partial charge on any atom is -0.453 e. The number of benzene rings is 1. The van der Waals surface area contributed by atoms with Crippen LogP contribution in [0.25, 0.3) is 0 Å². The molecule has 0 saturated carbocycles. The summed E-state index contributed by atoms with van der Waals surface area (Å²) < 4.78 is 5.67. The molecule has 2 aromatic rings. The number of hydrogen-bond donors (Lipinski definition) is 2. The molecule has 0 unspecified atom stereocenters. The lowest BCUT2D eigenvalue weighted by molar-refractivity contribution is 0.483. The molecule has 6 heteroatoms. The van der Waals surface area contributed by atoms with E-state index in [4.69, 9.17) is 34.3 Å². The molecule has 1 heterocycles. The molecular formula is C12H10ClN3OS. The average molecular weight is 280 g/mol. The number of halogens is 1. The summed E-state index contributed by atoms with van der Waals surface area (Å²) in [6.45, 7) is 0. The zero-order valence-electron chi connectivity index (χ0n) is 9.26. The largest absolute Gasteiger partial charge is 0.453 e. The lowest BCUT2D eigenvalue weighted by atomic mass is 10.3. The summed E-state index contributed by atoms with van der Waals surface area (Å²) in [5.41, 5.74) is 5.42. The Kier molecular flexibility index (Phi) is 3.96. The highest BCUT2D eigenvalue weighted by Gasteiger charge is 2.08. The number of ether oxygens (including phenoxy) is 1. The van der Waals surface area contributed by atoms with Crippen LogP contribution in [0, 0.1) is 0 Å². The van der Waals surface area contributed by atoms with E-state index < -0.39 is 0 Å². The first kappa shape index (κ1) is 12.6. The molecule has 0 fully saturated rings. The number of nitrogens with zero attached hydrogens (tertiary/aromatic N) is 1. The number of rotatable bonds is 3. The second-order valence-corrected chi connectivity index (χ2v) is 4.28. The Morgan fingerprint density at radius 1 is 1.33 bits per heavy atom. The van der Waals surface area contributed by atoms with Crippen molar-refractivity contribution in [2.45, 2.75) is 0 Å². The summed E-state index contributed by atoms with van der Waals surface area (Å²) in [5, 5.41) is 3.32. The van der Waals surface area contributed by atoms with Crippen LogP contribution in [0.5, 0.6) is 11.5 Å². The molecule has 1 aromatic carbocycles. The van der Waals surface area contributed by atoms with E-state index in [-0.39, 0.29) is 5.11 Å². The molecule has 2 rings (SSSR count). The van der Waals surface area contributed by atoms with E-state index in [1.54, 1.807) is 6.07 Å². The van der Waals surface area contributed by atoms with Gasteiger partial charge in [-0.3, -0.25) is 0 Å². The van der Waals surface area contributed by atoms with Crippen LogP contribution >= 0.6 is 23.8 Å². The van der Waals surface area contributed by atoms with Crippen molar-refractivity contribution in [3.05, 3.63) is 47.6 Å². The molecule has 3 N–H and O–H groups in total. The summed E-state index contributed by atoms with van der Waals surface area (Å²) in [7, 11) is 0. The minimum absolute atomic E-state index is 0.114. The number of nitrogens with two attached hydrogens (primary N) is 1.